The first kappa shape index (κ1) is 17.9. The molecule has 3 aromatic rings. The Balaban J connectivity index is 1.46. The number of benzene rings is 1. The van der Waals surface area contributed by atoms with E-state index in [0.717, 1.165) is 11.4 Å². The molecule has 1 fully saturated rings. The molecule has 5 rings (SSSR count). The summed E-state index contributed by atoms with van der Waals surface area (Å²) in [6, 6.07) is 12.5. The van der Waals surface area contributed by atoms with Crippen LogP contribution < -0.4 is 10.2 Å². The van der Waals surface area contributed by atoms with Gasteiger partial charge in [-0.2, -0.15) is 0 Å². The largest absolute Gasteiger partial charge is 0.479 e. The SMILES string of the molecule is COc1nc(C2=NC(c3cccc(C4CC4)c3)CON2)ccc1-n1cnc(C)c1. The number of rotatable bonds is 5. The molecule has 0 spiro atoms. The number of nitrogens with one attached hydrogen (secondary N) is 1. The van der Waals surface area contributed by atoms with Gasteiger partial charge in [0.1, 0.15) is 24.0 Å². The fourth-order valence-electron chi connectivity index (χ4n) is 3.60. The Hall–Kier alpha value is -3.19. The van der Waals surface area contributed by atoms with E-state index in [9.17, 15) is 0 Å². The standard InChI is InChI=1S/C22H23N5O2/c1-14-11-27(13-23-14)20-9-8-18(25-22(20)28-2)21-24-19(12-29-26-21)17-5-3-4-16(10-17)15-6-7-15/h3-5,8-11,13,15,19H,6-7,12H2,1-2H3,(H,24,26). The average Bonchev–Trinajstić information content (AvgIpc) is 3.54. The van der Waals surface area contributed by atoms with Crippen LogP contribution in [-0.4, -0.2) is 34.1 Å². The predicted octanol–water partition coefficient (Wildman–Crippen LogP) is 3.48. The van der Waals surface area contributed by atoms with Crippen LogP contribution in [-0.2, 0) is 4.84 Å². The first-order valence-electron chi connectivity index (χ1n) is 9.83. The number of hydrogen-bond acceptors (Lipinski definition) is 6. The normalized spacial score (nSPS) is 18.8. The number of aromatic nitrogens is 3. The Morgan fingerprint density at radius 1 is 1.17 bits per heavy atom. The van der Waals surface area contributed by atoms with Gasteiger partial charge in [-0.3, -0.25) is 9.83 Å². The third-order valence-corrected chi connectivity index (χ3v) is 5.31. The van der Waals surface area contributed by atoms with Gasteiger partial charge in [-0.1, -0.05) is 24.3 Å². The van der Waals surface area contributed by atoms with Crippen molar-refractivity contribution < 1.29 is 9.57 Å². The lowest BCUT2D eigenvalue weighted by Gasteiger charge is -2.22. The van der Waals surface area contributed by atoms with Crippen molar-refractivity contribution in [2.75, 3.05) is 13.7 Å². The van der Waals surface area contributed by atoms with Crippen LogP contribution in [0.1, 0.15) is 47.3 Å². The van der Waals surface area contributed by atoms with Crippen LogP contribution in [0.25, 0.3) is 5.69 Å². The minimum Gasteiger partial charge on any atom is -0.479 e. The van der Waals surface area contributed by atoms with Crippen LogP contribution in [0.5, 0.6) is 5.88 Å². The van der Waals surface area contributed by atoms with Gasteiger partial charge >= 0.3 is 0 Å². The maximum Gasteiger partial charge on any atom is 0.238 e. The number of pyridine rings is 1. The molecular formula is C22H23N5O2. The second-order valence-electron chi connectivity index (χ2n) is 7.50. The van der Waals surface area contributed by atoms with Crippen LogP contribution in [0.15, 0.2) is 53.9 Å². The molecule has 2 aromatic heterocycles. The van der Waals surface area contributed by atoms with Gasteiger partial charge < -0.3 is 9.30 Å². The minimum atomic E-state index is -0.0614. The Bertz CT molecular complexity index is 1070. The summed E-state index contributed by atoms with van der Waals surface area (Å²) in [6.45, 7) is 2.43. The van der Waals surface area contributed by atoms with Crippen molar-refractivity contribution >= 4 is 5.84 Å². The van der Waals surface area contributed by atoms with Crippen molar-refractivity contribution in [3.05, 3.63) is 71.4 Å². The molecule has 0 radical (unpaired) electrons. The van der Waals surface area contributed by atoms with E-state index < -0.39 is 0 Å². The average molecular weight is 389 g/mol. The maximum atomic E-state index is 5.63. The molecule has 7 heteroatoms. The monoisotopic (exact) mass is 389 g/mol. The highest BCUT2D eigenvalue weighted by Gasteiger charge is 2.25. The molecule has 7 nitrogen and oxygen atoms in total. The summed E-state index contributed by atoms with van der Waals surface area (Å²) in [5, 5.41) is 0. The van der Waals surface area contributed by atoms with Gasteiger partial charge in [-0.25, -0.2) is 15.4 Å². The number of methoxy groups -OCH3 is 1. The van der Waals surface area contributed by atoms with Crippen molar-refractivity contribution in [3.63, 3.8) is 0 Å². The molecule has 1 atom stereocenters. The smallest absolute Gasteiger partial charge is 0.238 e. The van der Waals surface area contributed by atoms with E-state index >= 15 is 0 Å². The highest BCUT2D eigenvalue weighted by atomic mass is 16.6. The second-order valence-corrected chi connectivity index (χ2v) is 7.50. The van der Waals surface area contributed by atoms with Crippen molar-refractivity contribution in [1.82, 2.24) is 20.0 Å². The Labute approximate surface area is 169 Å². The topological polar surface area (TPSA) is 73.6 Å². The van der Waals surface area contributed by atoms with Crippen molar-refractivity contribution in [1.29, 1.82) is 0 Å². The zero-order chi connectivity index (χ0) is 19.8. The van der Waals surface area contributed by atoms with E-state index in [0.29, 0.717) is 29.9 Å². The number of aryl methyl sites for hydroxylation is 1. The van der Waals surface area contributed by atoms with Gasteiger partial charge in [0.05, 0.1) is 19.1 Å². The molecule has 1 N–H and O–H groups in total. The third kappa shape index (κ3) is 3.61. The van der Waals surface area contributed by atoms with E-state index in [2.05, 4.69) is 39.7 Å². The zero-order valence-corrected chi connectivity index (χ0v) is 16.5. The van der Waals surface area contributed by atoms with Gasteiger partial charge in [0, 0.05) is 6.20 Å². The van der Waals surface area contributed by atoms with E-state index in [1.165, 1.54) is 24.0 Å². The van der Waals surface area contributed by atoms with Gasteiger partial charge in [0.15, 0.2) is 5.84 Å². The maximum absolute atomic E-state index is 5.63. The number of ether oxygens (including phenoxy) is 1. The lowest BCUT2D eigenvalue weighted by molar-refractivity contribution is 0.0620. The number of nitrogens with zero attached hydrogens (tertiary/aromatic N) is 4. The van der Waals surface area contributed by atoms with Gasteiger partial charge in [-0.05, 0) is 48.9 Å². The minimum absolute atomic E-state index is 0.0614. The molecule has 0 saturated heterocycles. The quantitative estimate of drug-likeness (QED) is 0.723. The number of hydrogen-bond donors (Lipinski definition) is 1. The molecular weight excluding hydrogens is 366 g/mol. The lowest BCUT2D eigenvalue weighted by atomic mass is 10.0. The number of aliphatic imine (C=N–C) groups is 1. The van der Waals surface area contributed by atoms with Crippen LogP contribution in [0, 0.1) is 6.92 Å². The van der Waals surface area contributed by atoms with Crippen molar-refractivity contribution in [2.45, 2.75) is 31.7 Å². The molecule has 1 unspecified atom stereocenters. The van der Waals surface area contributed by atoms with Crippen molar-refractivity contribution in [3.8, 4) is 11.6 Å². The van der Waals surface area contributed by atoms with Gasteiger partial charge in [0.2, 0.25) is 5.88 Å². The lowest BCUT2D eigenvalue weighted by Crippen LogP contribution is -2.33. The molecule has 148 valence electrons. The van der Waals surface area contributed by atoms with Gasteiger partial charge in [-0.15, -0.1) is 0 Å². The van der Waals surface area contributed by atoms with Crippen LogP contribution in [0.3, 0.4) is 0 Å². The Morgan fingerprint density at radius 2 is 2.03 bits per heavy atom. The van der Waals surface area contributed by atoms with E-state index in [1.807, 2.05) is 29.8 Å². The van der Waals surface area contributed by atoms with Crippen LogP contribution in [0.2, 0.25) is 0 Å². The molecule has 1 aliphatic carbocycles. The summed E-state index contributed by atoms with van der Waals surface area (Å²) in [6.07, 6.45) is 6.25. The second kappa shape index (κ2) is 7.33. The molecule has 29 heavy (non-hydrogen) atoms. The van der Waals surface area contributed by atoms with E-state index in [1.54, 1.807) is 13.4 Å². The summed E-state index contributed by atoms with van der Waals surface area (Å²) in [5.41, 5.74) is 7.91. The first-order valence-corrected chi connectivity index (χ1v) is 9.83. The fourth-order valence-corrected chi connectivity index (χ4v) is 3.60. The predicted molar refractivity (Wildman–Crippen MR) is 109 cm³/mol. The highest BCUT2D eigenvalue weighted by Crippen LogP contribution is 2.40. The molecule has 2 aliphatic rings. The Morgan fingerprint density at radius 3 is 2.79 bits per heavy atom. The van der Waals surface area contributed by atoms with Crippen molar-refractivity contribution in [2.24, 2.45) is 4.99 Å². The molecule has 1 aromatic carbocycles. The summed E-state index contributed by atoms with van der Waals surface area (Å²) >= 11 is 0. The zero-order valence-electron chi connectivity index (χ0n) is 16.5. The van der Waals surface area contributed by atoms with Crippen LogP contribution >= 0.6 is 0 Å². The van der Waals surface area contributed by atoms with E-state index in [-0.39, 0.29) is 6.04 Å². The molecule has 1 saturated carbocycles. The first-order chi connectivity index (χ1) is 14.2. The highest BCUT2D eigenvalue weighted by molar-refractivity contribution is 5.97. The number of hydroxylamine groups is 1. The van der Waals surface area contributed by atoms with E-state index in [4.69, 9.17) is 14.6 Å². The number of amidine groups is 1. The number of imidazole rings is 1. The summed E-state index contributed by atoms with van der Waals surface area (Å²) < 4.78 is 7.41. The Kier molecular flexibility index (Phi) is 4.52. The van der Waals surface area contributed by atoms with Crippen LogP contribution in [0.4, 0.5) is 0 Å². The summed E-state index contributed by atoms with van der Waals surface area (Å²) in [4.78, 5) is 19.4. The fraction of sp³-hybridized carbons (Fsp3) is 0.318. The molecule has 3 heterocycles. The molecule has 0 bridgehead atoms. The third-order valence-electron chi connectivity index (χ3n) is 5.31. The summed E-state index contributed by atoms with van der Waals surface area (Å²) in [5.74, 6) is 1.82. The van der Waals surface area contributed by atoms with Gasteiger partial charge in [0.25, 0.3) is 0 Å². The molecule has 1 aliphatic heterocycles. The summed E-state index contributed by atoms with van der Waals surface area (Å²) in [7, 11) is 1.61. The molecule has 0 amide bonds.